The molecule has 0 radical (unpaired) electrons. The Morgan fingerprint density at radius 2 is 2.36 bits per heavy atom. The molecule has 1 heterocycles. The van der Waals surface area contributed by atoms with Gasteiger partial charge in [-0.3, -0.25) is 4.79 Å². The molecule has 0 unspecified atom stereocenters. The van der Waals surface area contributed by atoms with Crippen LogP contribution in [0.2, 0.25) is 0 Å². The van der Waals surface area contributed by atoms with Crippen LogP contribution in [0.25, 0.3) is 0 Å². The highest BCUT2D eigenvalue weighted by atomic mass is 79.9. The maximum atomic E-state index is 11.2. The number of carbonyl (C=O) groups is 1. The molecular weight excluding hydrogens is 226 g/mol. The van der Waals surface area contributed by atoms with Crippen molar-refractivity contribution >= 4 is 33.6 Å². The van der Waals surface area contributed by atoms with E-state index in [1.807, 2.05) is 20.0 Å². The van der Waals surface area contributed by atoms with Crippen molar-refractivity contribution in [3.63, 3.8) is 0 Å². The van der Waals surface area contributed by atoms with Gasteiger partial charge in [0.25, 0.3) is 0 Å². The molecule has 0 saturated heterocycles. The molecule has 0 aromatic carbocycles. The Hall–Kier alpha value is 0.0400. The summed E-state index contributed by atoms with van der Waals surface area (Å²) in [5, 5.41) is 0. The molecule has 0 saturated carbocycles. The number of carbonyl (C=O) groups excluding carboxylic acids is 1. The van der Waals surface area contributed by atoms with Crippen molar-refractivity contribution in [3.05, 3.63) is 10.0 Å². The van der Waals surface area contributed by atoms with Gasteiger partial charge in [-0.2, -0.15) is 0 Å². The number of amides is 1. The third kappa shape index (κ3) is 2.24. The van der Waals surface area contributed by atoms with Crippen molar-refractivity contribution in [2.75, 3.05) is 5.75 Å². The van der Waals surface area contributed by atoms with Gasteiger partial charge < -0.3 is 4.90 Å². The van der Waals surface area contributed by atoms with E-state index in [2.05, 4.69) is 15.9 Å². The van der Waals surface area contributed by atoms with E-state index in [0.717, 1.165) is 3.81 Å². The van der Waals surface area contributed by atoms with Crippen LogP contribution < -0.4 is 0 Å². The van der Waals surface area contributed by atoms with Crippen LogP contribution in [0.3, 0.4) is 0 Å². The van der Waals surface area contributed by atoms with E-state index in [0.29, 0.717) is 5.75 Å². The summed E-state index contributed by atoms with van der Waals surface area (Å²) < 4.78 is 1.03. The smallest absolute Gasteiger partial charge is 0.237 e. The maximum Gasteiger partial charge on any atom is 0.237 e. The molecule has 11 heavy (non-hydrogen) atoms. The van der Waals surface area contributed by atoms with Crippen LogP contribution in [0.4, 0.5) is 0 Å². The van der Waals surface area contributed by atoms with Crippen LogP contribution in [0.1, 0.15) is 13.8 Å². The lowest BCUT2D eigenvalue weighted by Gasteiger charge is -2.26. The number of hydrogen-bond acceptors (Lipinski definition) is 2. The van der Waals surface area contributed by atoms with Gasteiger partial charge in [-0.05, 0) is 29.8 Å². The van der Waals surface area contributed by atoms with Gasteiger partial charge in [0, 0.05) is 12.2 Å². The minimum Gasteiger partial charge on any atom is -0.314 e. The van der Waals surface area contributed by atoms with Crippen LogP contribution in [0.5, 0.6) is 0 Å². The maximum absolute atomic E-state index is 11.2. The largest absolute Gasteiger partial charge is 0.314 e. The average Bonchev–Trinajstić information content (AvgIpc) is 1.94. The third-order valence-corrected chi connectivity index (χ3v) is 3.08. The molecule has 0 aromatic rings. The van der Waals surface area contributed by atoms with Crippen molar-refractivity contribution in [1.82, 2.24) is 4.90 Å². The second-order valence-corrected chi connectivity index (χ2v) is 5.01. The Morgan fingerprint density at radius 3 is 2.82 bits per heavy atom. The topological polar surface area (TPSA) is 20.3 Å². The molecule has 0 spiro atoms. The normalized spacial score (nSPS) is 19.1. The van der Waals surface area contributed by atoms with Crippen molar-refractivity contribution < 1.29 is 4.79 Å². The molecule has 1 aliphatic heterocycles. The third-order valence-electron chi connectivity index (χ3n) is 1.42. The first-order chi connectivity index (χ1) is 5.11. The van der Waals surface area contributed by atoms with Gasteiger partial charge in [-0.1, -0.05) is 0 Å². The predicted octanol–water partition coefficient (Wildman–Crippen LogP) is 2.16. The first-order valence-corrected chi connectivity index (χ1v) is 5.20. The number of nitrogens with zero attached hydrogens (tertiary/aromatic N) is 1. The summed E-state index contributed by atoms with van der Waals surface area (Å²) in [4.78, 5) is 13.0. The van der Waals surface area contributed by atoms with E-state index >= 15 is 0 Å². The molecule has 0 aromatic heterocycles. The highest BCUT2D eigenvalue weighted by Gasteiger charge is 2.19. The standard InChI is InChI=1S/C7H10BrNOS/c1-5(2)9-3-6(8)11-4-7(9)10/h3,5H,4H2,1-2H3. The zero-order valence-corrected chi connectivity index (χ0v) is 8.91. The van der Waals surface area contributed by atoms with E-state index in [1.165, 1.54) is 11.8 Å². The lowest BCUT2D eigenvalue weighted by atomic mass is 10.3. The molecule has 1 amide bonds. The summed E-state index contributed by atoms with van der Waals surface area (Å²) in [5.74, 6) is 0.739. The fraction of sp³-hybridized carbons (Fsp3) is 0.571. The molecule has 2 nitrogen and oxygen atoms in total. The minimum atomic E-state index is 0.188. The number of halogens is 1. The average molecular weight is 236 g/mol. The fourth-order valence-electron chi connectivity index (χ4n) is 0.861. The summed E-state index contributed by atoms with van der Waals surface area (Å²) in [6, 6.07) is 0.260. The monoisotopic (exact) mass is 235 g/mol. The first kappa shape index (κ1) is 9.13. The van der Waals surface area contributed by atoms with E-state index < -0.39 is 0 Å². The van der Waals surface area contributed by atoms with Gasteiger partial charge in [0.15, 0.2) is 0 Å². The van der Waals surface area contributed by atoms with Gasteiger partial charge in [-0.25, -0.2) is 0 Å². The lowest BCUT2D eigenvalue weighted by Crippen LogP contribution is -2.35. The molecule has 1 rings (SSSR count). The summed E-state index contributed by atoms with van der Waals surface area (Å²) in [5.41, 5.74) is 0. The van der Waals surface area contributed by atoms with Crippen molar-refractivity contribution in [1.29, 1.82) is 0 Å². The molecule has 0 N–H and O–H groups in total. The Kier molecular flexibility index (Phi) is 3.01. The van der Waals surface area contributed by atoms with Gasteiger partial charge in [-0.15, -0.1) is 11.8 Å². The highest BCUT2D eigenvalue weighted by Crippen LogP contribution is 2.28. The van der Waals surface area contributed by atoms with Gasteiger partial charge >= 0.3 is 0 Å². The number of hydrogen-bond donors (Lipinski definition) is 0. The fourth-order valence-corrected chi connectivity index (χ4v) is 2.02. The number of thioether (sulfide) groups is 1. The van der Waals surface area contributed by atoms with Crippen LogP contribution in [0, 0.1) is 0 Å². The van der Waals surface area contributed by atoms with Gasteiger partial charge in [0.05, 0.1) is 9.57 Å². The molecule has 0 atom stereocenters. The van der Waals surface area contributed by atoms with Crippen molar-refractivity contribution in [2.45, 2.75) is 19.9 Å². The number of rotatable bonds is 1. The quantitative estimate of drug-likeness (QED) is 0.695. The molecule has 4 heteroatoms. The van der Waals surface area contributed by atoms with Crippen LogP contribution in [0.15, 0.2) is 10.0 Å². The zero-order chi connectivity index (χ0) is 8.43. The van der Waals surface area contributed by atoms with E-state index in [4.69, 9.17) is 0 Å². The SMILES string of the molecule is CC(C)N1C=C(Br)SCC1=O. The molecule has 0 fully saturated rings. The van der Waals surface area contributed by atoms with E-state index in [9.17, 15) is 4.79 Å². The summed E-state index contributed by atoms with van der Waals surface area (Å²) in [6.45, 7) is 4.01. The summed E-state index contributed by atoms with van der Waals surface area (Å²) in [6.07, 6.45) is 1.85. The molecule has 62 valence electrons. The summed E-state index contributed by atoms with van der Waals surface area (Å²) >= 11 is 4.89. The predicted molar refractivity (Wildman–Crippen MR) is 51.5 cm³/mol. The zero-order valence-electron chi connectivity index (χ0n) is 6.50. The Balaban J connectivity index is 2.75. The van der Waals surface area contributed by atoms with Crippen LogP contribution >= 0.6 is 27.7 Å². The molecular formula is C7H10BrNOS. The Bertz CT molecular complexity index is 203. The molecule has 1 aliphatic rings. The van der Waals surface area contributed by atoms with Crippen LogP contribution in [-0.4, -0.2) is 22.6 Å². The minimum absolute atomic E-state index is 0.188. The summed E-state index contributed by atoms with van der Waals surface area (Å²) in [7, 11) is 0. The van der Waals surface area contributed by atoms with E-state index in [-0.39, 0.29) is 11.9 Å². The first-order valence-electron chi connectivity index (χ1n) is 3.42. The van der Waals surface area contributed by atoms with Gasteiger partial charge in [0.1, 0.15) is 0 Å². The van der Waals surface area contributed by atoms with Crippen LogP contribution in [-0.2, 0) is 4.79 Å². The Morgan fingerprint density at radius 1 is 1.73 bits per heavy atom. The second-order valence-electron chi connectivity index (χ2n) is 2.62. The molecule has 0 aliphatic carbocycles. The van der Waals surface area contributed by atoms with E-state index in [1.54, 1.807) is 4.90 Å². The van der Waals surface area contributed by atoms with Crippen molar-refractivity contribution in [3.8, 4) is 0 Å². The van der Waals surface area contributed by atoms with Crippen molar-refractivity contribution in [2.24, 2.45) is 0 Å². The Labute approximate surface area is 79.1 Å². The van der Waals surface area contributed by atoms with Gasteiger partial charge in [0.2, 0.25) is 5.91 Å². The molecule has 0 bridgehead atoms. The highest BCUT2D eigenvalue weighted by molar-refractivity contribution is 9.14. The lowest BCUT2D eigenvalue weighted by molar-refractivity contribution is -0.127. The second kappa shape index (κ2) is 3.63.